The third kappa shape index (κ3) is 4.69. The van der Waals surface area contributed by atoms with Crippen LogP contribution in [0.15, 0.2) is 60.8 Å². The Morgan fingerprint density at radius 1 is 1.07 bits per heavy atom. The van der Waals surface area contributed by atoms with E-state index in [1.165, 1.54) is 5.56 Å². The Hall–Kier alpha value is -2.63. The van der Waals surface area contributed by atoms with E-state index in [1.54, 1.807) is 7.11 Å². The zero-order valence-corrected chi connectivity index (χ0v) is 17.0. The molecule has 1 amide bonds. The molecule has 0 radical (unpaired) electrons. The van der Waals surface area contributed by atoms with Gasteiger partial charge in [0.2, 0.25) is 0 Å². The van der Waals surface area contributed by atoms with E-state index in [0.717, 1.165) is 55.5 Å². The van der Waals surface area contributed by atoms with Gasteiger partial charge in [0.1, 0.15) is 0 Å². The molecule has 4 rings (SSSR count). The highest BCUT2D eigenvalue weighted by Gasteiger charge is 2.22. The summed E-state index contributed by atoms with van der Waals surface area (Å²) in [5.41, 5.74) is 3.18. The first-order valence-corrected chi connectivity index (χ1v) is 10.4. The molecule has 1 saturated heterocycles. The molecule has 0 saturated carbocycles. The fourth-order valence-corrected chi connectivity index (χ4v) is 4.15. The second-order valence-electron chi connectivity index (χ2n) is 7.75. The summed E-state index contributed by atoms with van der Waals surface area (Å²) in [4.78, 5) is 15.4. The highest BCUT2D eigenvalue weighted by molar-refractivity contribution is 6.06. The smallest absolute Gasteiger partial charge is 0.252 e. The standard InChI is InChI=1S/C24H29N3O2/c1-29-17-16-27-15-12-21-22(8-5-9-23(21)27)24(28)25-20-10-13-26(14-11-20)18-19-6-3-2-4-7-19/h2-9,12,15,20H,10-11,13-14,16-18H2,1H3,(H,25,28). The first kappa shape index (κ1) is 19.7. The molecular weight excluding hydrogens is 362 g/mol. The topological polar surface area (TPSA) is 46.5 Å². The number of carbonyl (C=O) groups is 1. The highest BCUT2D eigenvalue weighted by Crippen LogP contribution is 2.21. The number of hydrogen-bond acceptors (Lipinski definition) is 3. The molecule has 29 heavy (non-hydrogen) atoms. The molecule has 3 aromatic rings. The van der Waals surface area contributed by atoms with Crippen molar-refractivity contribution >= 4 is 16.8 Å². The van der Waals surface area contributed by atoms with E-state index in [1.807, 2.05) is 24.4 Å². The van der Waals surface area contributed by atoms with Gasteiger partial charge in [-0.2, -0.15) is 0 Å². The van der Waals surface area contributed by atoms with Gasteiger partial charge in [-0.1, -0.05) is 36.4 Å². The molecule has 1 aliphatic rings. The van der Waals surface area contributed by atoms with Gasteiger partial charge < -0.3 is 14.6 Å². The van der Waals surface area contributed by atoms with Crippen molar-refractivity contribution in [3.8, 4) is 0 Å². The van der Waals surface area contributed by atoms with Gasteiger partial charge in [0.15, 0.2) is 0 Å². The maximum absolute atomic E-state index is 13.0. The Kier molecular flexibility index (Phi) is 6.27. The zero-order chi connectivity index (χ0) is 20.1. The molecule has 0 atom stereocenters. The first-order chi connectivity index (χ1) is 14.2. The Labute approximate surface area is 172 Å². The van der Waals surface area contributed by atoms with E-state index in [-0.39, 0.29) is 11.9 Å². The van der Waals surface area contributed by atoms with Crippen molar-refractivity contribution < 1.29 is 9.53 Å². The largest absolute Gasteiger partial charge is 0.383 e. The lowest BCUT2D eigenvalue weighted by Gasteiger charge is -2.32. The molecule has 1 N–H and O–H groups in total. The summed E-state index contributed by atoms with van der Waals surface area (Å²) >= 11 is 0. The normalized spacial score (nSPS) is 15.6. The summed E-state index contributed by atoms with van der Waals surface area (Å²) in [6.45, 7) is 4.44. The number of methoxy groups -OCH3 is 1. The number of likely N-dealkylation sites (tertiary alicyclic amines) is 1. The Morgan fingerprint density at radius 2 is 1.86 bits per heavy atom. The number of aromatic nitrogens is 1. The lowest BCUT2D eigenvalue weighted by atomic mass is 10.0. The number of hydrogen-bond donors (Lipinski definition) is 1. The Morgan fingerprint density at radius 3 is 2.62 bits per heavy atom. The van der Waals surface area contributed by atoms with E-state index in [2.05, 4.69) is 51.2 Å². The van der Waals surface area contributed by atoms with Crippen LogP contribution >= 0.6 is 0 Å². The second-order valence-corrected chi connectivity index (χ2v) is 7.75. The molecule has 1 aliphatic heterocycles. The van der Waals surface area contributed by atoms with Crippen molar-refractivity contribution in [2.45, 2.75) is 32.0 Å². The van der Waals surface area contributed by atoms with Crippen molar-refractivity contribution in [2.24, 2.45) is 0 Å². The van der Waals surface area contributed by atoms with Crippen molar-refractivity contribution in [3.63, 3.8) is 0 Å². The van der Waals surface area contributed by atoms with Gasteiger partial charge in [-0.15, -0.1) is 0 Å². The number of nitrogens with one attached hydrogen (secondary N) is 1. The van der Waals surface area contributed by atoms with Gasteiger partial charge in [-0.25, -0.2) is 0 Å². The van der Waals surface area contributed by atoms with Crippen molar-refractivity contribution in [1.29, 1.82) is 0 Å². The summed E-state index contributed by atoms with van der Waals surface area (Å²) in [6, 6.07) is 18.8. The van der Waals surface area contributed by atoms with Crippen LogP contribution in [0.25, 0.3) is 10.9 Å². The highest BCUT2D eigenvalue weighted by atomic mass is 16.5. The molecule has 1 fully saturated rings. The Bertz CT molecular complexity index is 943. The molecule has 152 valence electrons. The lowest BCUT2D eigenvalue weighted by Crippen LogP contribution is -2.44. The van der Waals surface area contributed by atoms with Gasteiger partial charge in [-0.05, 0) is 36.6 Å². The first-order valence-electron chi connectivity index (χ1n) is 10.4. The lowest BCUT2D eigenvalue weighted by molar-refractivity contribution is 0.0910. The molecule has 0 spiro atoms. The monoisotopic (exact) mass is 391 g/mol. The van der Waals surface area contributed by atoms with Gasteiger partial charge in [0, 0.05) is 62.0 Å². The summed E-state index contributed by atoms with van der Waals surface area (Å²) < 4.78 is 7.32. The van der Waals surface area contributed by atoms with Crippen LogP contribution in [0.3, 0.4) is 0 Å². The molecule has 1 aromatic heterocycles. The molecule has 0 bridgehead atoms. The van der Waals surface area contributed by atoms with Crippen molar-refractivity contribution in [3.05, 3.63) is 71.9 Å². The quantitative estimate of drug-likeness (QED) is 0.668. The number of carbonyl (C=O) groups excluding carboxylic acids is 1. The summed E-state index contributed by atoms with van der Waals surface area (Å²) in [5.74, 6) is 0.0293. The SMILES string of the molecule is COCCn1ccc2c(C(=O)NC3CCN(Cc4ccccc4)CC3)cccc21. The van der Waals surface area contributed by atoms with Crippen LogP contribution in [-0.4, -0.2) is 48.2 Å². The number of rotatable bonds is 7. The summed E-state index contributed by atoms with van der Waals surface area (Å²) in [5, 5.41) is 4.27. The minimum absolute atomic E-state index is 0.0293. The fraction of sp³-hybridized carbons (Fsp3) is 0.375. The third-order valence-corrected chi connectivity index (χ3v) is 5.77. The van der Waals surface area contributed by atoms with Gasteiger partial charge in [0.05, 0.1) is 6.61 Å². The minimum Gasteiger partial charge on any atom is -0.383 e. The molecule has 5 nitrogen and oxygen atoms in total. The van der Waals surface area contributed by atoms with Gasteiger partial charge in [0.25, 0.3) is 5.91 Å². The second kappa shape index (κ2) is 9.25. The number of ether oxygens (including phenoxy) is 1. The van der Waals surface area contributed by atoms with E-state index >= 15 is 0 Å². The molecule has 2 heterocycles. The molecule has 0 aliphatic carbocycles. The molecule has 2 aromatic carbocycles. The maximum Gasteiger partial charge on any atom is 0.252 e. The van der Waals surface area contributed by atoms with E-state index in [9.17, 15) is 4.79 Å². The molecule has 5 heteroatoms. The number of nitrogens with zero attached hydrogens (tertiary/aromatic N) is 2. The van der Waals surface area contributed by atoms with Crippen LogP contribution in [0.1, 0.15) is 28.8 Å². The fourth-order valence-electron chi connectivity index (χ4n) is 4.15. The predicted molar refractivity (Wildman–Crippen MR) is 116 cm³/mol. The van der Waals surface area contributed by atoms with E-state index in [4.69, 9.17) is 4.74 Å². The van der Waals surface area contributed by atoms with Crippen LogP contribution < -0.4 is 5.32 Å². The zero-order valence-electron chi connectivity index (χ0n) is 17.0. The van der Waals surface area contributed by atoms with Crippen molar-refractivity contribution in [1.82, 2.24) is 14.8 Å². The van der Waals surface area contributed by atoms with Gasteiger partial charge >= 0.3 is 0 Å². The predicted octanol–water partition coefficient (Wildman–Crippen LogP) is 3.68. The van der Waals surface area contributed by atoms with E-state index in [0.29, 0.717) is 6.61 Å². The molecular formula is C24H29N3O2. The minimum atomic E-state index is 0.0293. The summed E-state index contributed by atoms with van der Waals surface area (Å²) in [7, 11) is 1.70. The van der Waals surface area contributed by atoms with Crippen LogP contribution in [0.4, 0.5) is 0 Å². The van der Waals surface area contributed by atoms with Crippen molar-refractivity contribution in [2.75, 3.05) is 26.8 Å². The number of benzene rings is 2. The third-order valence-electron chi connectivity index (χ3n) is 5.77. The average molecular weight is 392 g/mol. The van der Waals surface area contributed by atoms with Gasteiger partial charge in [-0.3, -0.25) is 9.69 Å². The Balaban J connectivity index is 1.36. The van der Waals surface area contributed by atoms with Crippen LogP contribution in [0.5, 0.6) is 0 Å². The number of fused-ring (bicyclic) bond motifs is 1. The molecule has 0 unspecified atom stereocenters. The number of piperidine rings is 1. The van der Waals surface area contributed by atoms with Crippen LogP contribution in [0.2, 0.25) is 0 Å². The van der Waals surface area contributed by atoms with E-state index < -0.39 is 0 Å². The van der Waals surface area contributed by atoms with Crippen LogP contribution in [0, 0.1) is 0 Å². The summed E-state index contributed by atoms with van der Waals surface area (Å²) in [6.07, 6.45) is 4.01. The number of amides is 1. The van der Waals surface area contributed by atoms with Crippen LogP contribution in [-0.2, 0) is 17.8 Å². The maximum atomic E-state index is 13.0. The average Bonchev–Trinajstić information content (AvgIpc) is 3.17.